The van der Waals surface area contributed by atoms with Gasteiger partial charge in [-0.25, -0.2) is 0 Å². The second-order valence-electron chi connectivity index (χ2n) is 6.28. The highest BCUT2D eigenvalue weighted by Crippen LogP contribution is 2.32. The molecule has 0 amide bonds. The quantitative estimate of drug-likeness (QED) is 0.487. The number of carbonyl (C=O) groups is 1. The monoisotopic (exact) mass is 322 g/mol. The summed E-state index contributed by atoms with van der Waals surface area (Å²) in [6.45, 7) is 2.20. The zero-order valence-corrected chi connectivity index (χ0v) is 13.6. The summed E-state index contributed by atoms with van der Waals surface area (Å²) in [6.07, 6.45) is 6.76. The molecular weight excluding hydrogens is 298 g/mol. The molecule has 0 spiro atoms. The molecule has 126 valence electrons. The Bertz CT molecular complexity index is 525. The summed E-state index contributed by atoms with van der Waals surface area (Å²) in [4.78, 5) is 12.2. The van der Waals surface area contributed by atoms with E-state index in [2.05, 4.69) is 6.92 Å². The first-order valence-electron chi connectivity index (χ1n) is 8.43. The molecule has 1 fully saturated rings. The molecule has 1 saturated carbocycles. The zero-order valence-electron chi connectivity index (χ0n) is 13.6. The fourth-order valence-electron chi connectivity index (χ4n) is 3.14. The van der Waals surface area contributed by atoms with Crippen LogP contribution in [0.1, 0.15) is 57.4 Å². The molecule has 2 rings (SSSR count). The maximum absolute atomic E-state index is 12.2. The van der Waals surface area contributed by atoms with Crippen molar-refractivity contribution in [2.24, 2.45) is 11.8 Å². The first-order chi connectivity index (χ1) is 11.1. The van der Waals surface area contributed by atoms with Crippen molar-refractivity contribution < 1.29 is 18.3 Å². The van der Waals surface area contributed by atoms with Crippen molar-refractivity contribution in [3.8, 4) is 5.75 Å². The Morgan fingerprint density at radius 1 is 1.17 bits per heavy atom. The minimum absolute atomic E-state index is 0.0317. The molecule has 1 aliphatic rings. The van der Waals surface area contributed by atoms with E-state index in [1.54, 1.807) is 12.1 Å². The van der Waals surface area contributed by atoms with E-state index in [9.17, 15) is 13.6 Å². The van der Waals surface area contributed by atoms with Gasteiger partial charge in [0.1, 0.15) is 5.75 Å². The lowest BCUT2D eigenvalue weighted by atomic mass is 9.80. The molecule has 4 heteroatoms. The molecule has 1 aromatic carbocycles. The summed E-state index contributed by atoms with van der Waals surface area (Å²) in [6, 6.07) is 6.14. The summed E-state index contributed by atoms with van der Waals surface area (Å²) >= 11 is 0. The van der Waals surface area contributed by atoms with Crippen molar-refractivity contribution in [1.29, 1.82) is 0 Å². The van der Waals surface area contributed by atoms with Crippen LogP contribution in [0.2, 0.25) is 0 Å². The van der Waals surface area contributed by atoms with E-state index in [4.69, 9.17) is 4.74 Å². The van der Waals surface area contributed by atoms with Gasteiger partial charge in [0.05, 0.1) is 5.92 Å². The second kappa shape index (κ2) is 8.80. The maximum atomic E-state index is 12.2. The summed E-state index contributed by atoms with van der Waals surface area (Å²) in [5, 5.41) is 0. The van der Waals surface area contributed by atoms with Crippen molar-refractivity contribution in [1.82, 2.24) is 0 Å². The zero-order chi connectivity index (χ0) is 16.7. The van der Waals surface area contributed by atoms with E-state index in [-0.39, 0.29) is 11.9 Å². The Kier molecular flexibility index (Phi) is 6.75. The molecule has 2 nitrogen and oxygen atoms in total. The molecule has 0 heterocycles. The average molecular weight is 322 g/mol. The highest BCUT2D eigenvalue weighted by atomic mass is 19.3. The van der Waals surface area contributed by atoms with Crippen LogP contribution in [0.4, 0.5) is 8.78 Å². The lowest BCUT2D eigenvalue weighted by Crippen LogP contribution is -2.25. The number of hydrogen-bond acceptors (Lipinski definition) is 2. The molecule has 0 aliphatic heterocycles. The molecule has 1 aliphatic carbocycles. The van der Waals surface area contributed by atoms with E-state index in [0.29, 0.717) is 11.3 Å². The van der Waals surface area contributed by atoms with Crippen LogP contribution in [0.5, 0.6) is 5.75 Å². The van der Waals surface area contributed by atoms with E-state index < -0.39 is 6.08 Å². The van der Waals surface area contributed by atoms with E-state index >= 15 is 0 Å². The topological polar surface area (TPSA) is 26.3 Å². The highest BCUT2D eigenvalue weighted by molar-refractivity contribution is 5.75. The van der Waals surface area contributed by atoms with Crippen molar-refractivity contribution in [2.75, 3.05) is 0 Å². The number of ether oxygens (including phenoxy) is 1. The smallest absolute Gasteiger partial charge is 0.314 e. The van der Waals surface area contributed by atoms with Crippen LogP contribution >= 0.6 is 0 Å². The van der Waals surface area contributed by atoms with Crippen molar-refractivity contribution in [3.05, 3.63) is 35.9 Å². The van der Waals surface area contributed by atoms with Crippen molar-refractivity contribution in [3.63, 3.8) is 0 Å². The van der Waals surface area contributed by atoms with Crippen molar-refractivity contribution in [2.45, 2.75) is 51.9 Å². The Morgan fingerprint density at radius 3 is 2.39 bits per heavy atom. The number of unbranched alkanes of at least 4 members (excludes halogenated alkanes) is 1. The summed E-state index contributed by atoms with van der Waals surface area (Å²) in [7, 11) is 0. The standard InChI is InChI=1S/C19H24F2O2/c1-2-3-4-14-5-9-16(10-6-14)19(22)23-17-11-7-15(8-12-17)13-18(20)21/h7-8,11-14,16H,2-6,9-10H2,1H3. The third kappa shape index (κ3) is 5.77. The number of benzene rings is 1. The molecule has 23 heavy (non-hydrogen) atoms. The molecule has 0 N–H and O–H groups in total. The minimum Gasteiger partial charge on any atom is -0.426 e. The van der Waals surface area contributed by atoms with Gasteiger partial charge in [-0.1, -0.05) is 38.3 Å². The normalized spacial score (nSPS) is 20.8. The third-order valence-electron chi connectivity index (χ3n) is 4.52. The van der Waals surface area contributed by atoms with Gasteiger partial charge in [-0.15, -0.1) is 0 Å². The van der Waals surface area contributed by atoms with Crippen LogP contribution in [-0.2, 0) is 4.79 Å². The van der Waals surface area contributed by atoms with Crippen LogP contribution in [-0.4, -0.2) is 5.97 Å². The Balaban J connectivity index is 1.82. The fourth-order valence-corrected chi connectivity index (χ4v) is 3.14. The van der Waals surface area contributed by atoms with Crippen LogP contribution in [0.25, 0.3) is 6.08 Å². The largest absolute Gasteiger partial charge is 0.426 e. The predicted octanol–water partition coefficient (Wildman–Crippen LogP) is 5.83. The van der Waals surface area contributed by atoms with Gasteiger partial charge in [0.15, 0.2) is 0 Å². The molecule has 0 bridgehead atoms. The second-order valence-corrected chi connectivity index (χ2v) is 6.28. The highest BCUT2D eigenvalue weighted by Gasteiger charge is 2.27. The summed E-state index contributed by atoms with van der Waals surface area (Å²) in [5.74, 6) is 0.940. The molecule has 1 aromatic rings. The Labute approximate surface area is 136 Å². The fraction of sp³-hybridized carbons (Fsp3) is 0.526. The van der Waals surface area contributed by atoms with Crippen LogP contribution in [0.15, 0.2) is 30.3 Å². The molecule has 0 radical (unpaired) electrons. The van der Waals surface area contributed by atoms with Gasteiger partial charge in [0, 0.05) is 6.08 Å². The van der Waals surface area contributed by atoms with Gasteiger partial charge in [0.25, 0.3) is 6.08 Å². The first kappa shape index (κ1) is 17.6. The van der Waals surface area contributed by atoms with Gasteiger partial charge in [-0.2, -0.15) is 8.78 Å². The molecule has 0 saturated heterocycles. The van der Waals surface area contributed by atoms with Crippen molar-refractivity contribution >= 4 is 12.0 Å². The van der Waals surface area contributed by atoms with Crippen LogP contribution in [0, 0.1) is 11.8 Å². The number of carbonyl (C=O) groups excluding carboxylic acids is 1. The third-order valence-corrected chi connectivity index (χ3v) is 4.52. The Morgan fingerprint density at radius 2 is 1.83 bits per heavy atom. The van der Waals surface area contributed by atoms with Gasteiger partial charge in [0.2, 0.25) is 0 Å². The summed E-state index contributed by atoms with van der Waals surface area (Å²) in [5.41, 5.74) is 0.390. The van der Waals surface area contributed by atoms with Gasteiger partial charge >= 0.3 is 5.97 Å². The molecule has 0 aromatic heterocycles. The minimum atomic E-state index is -1.74. The molecule has 0 atom stereocenters. The SMILES string of the molecule is CCCCC1CCC(C(=O)Oc2ccc(C=C(F)F)cc2)CC1. The number of hydrogen-bond donors (Lipinski definition) is 0. The Hall–Kier alpha value is -1.71. The van der Waals surface area contributed by atoms with Gasteiger partial charge in [-0.05, 0) is 49.3 Å². The predicted molar refractivity (Wildman–Crippen MR) is 87.2 cm³/mol. The first-order valence-corrected chi connectivity index (χ1v) is 8.43. The summed E-state index contributed by atoms with van der Waals surface area (Å²) < 4.78 is 29.7. The van der Waals surface area contributed by atoms with E-state index in [0.717, 1.165) is 37.7 Å². The van der Waals surface area contributed by atoms with Gasteiger partial charge < -0.3 is 4.74 Å². The molecule has 0 unspecified atom stereocenters. The lowest BCUT2D eigenvalue weighted by molar-refractivity contribution is -0.140. The average Bonchev–Trinajstić information content (AvgIpc) is 2.54. The number of halogens is 2. The van der Waals surface area contributed by atoms with Crippen LogP contribution < -0.4 is 4.74 Å². The lowest BCUT2D eigenvalue weighted by Gasteiger charge is -2.27. The number of esters is 1. The maximum Gasteiger partial charge on any atom is 0.314 e. The van der Waals surface area contributed by atoms with E-state index in [1.807, 2.05) is 0 Å². The van der Waals surface area contributed by atoms with E-state index in [1.165, 1.54) is 31.4 Å². The number of rotatable bonds is 6. The molecular formula is C19H24F2O2. The van der Waals surface area contributed by atoms with Gasteiger partial charge in [-0.3, -0.25) is 4.79 Å². The van der Waals surface area contributed by atoms with Crippen LogP contribution in [0.3, 0.4) is 0 Å².